The maximum Gasteiger partial charge on any atom is 0.172 e. The first-order chi connectivity index (χ1) is 9.00. The highest BCUT2D eigenvalue weighted by Gasteiger charge is 2.31. The summed E-state index contributed by atoms with van der Waals surface area (Å²) in [4.78, 5) is 12.2. The Kier molecular flexibility index (Phi) is 4.03. The van der Waals surface area contributed by atoms with Crippen LogP contribution in [0.4, 0.5) is 0 Å². The molecule has 1 atom stereocenters. The lowest BCUT2D eigenvalue weighted by Gasteiger charge is -2.22. The summed E-state index contributed by atoms with van der Waals surface area (Å²) in [6.07, 6.45) is 0.180. The summed E-state index contributed by atoms with van der Waals surface area (Å²) in [6, 6.07) is 16.0. The van der Waals surface area contributed by atoms with Gasteiger partial charge in [-0.1, -0.05) is 54.1 Å². The molecule has 98 valence electrons. The maximum atomic E-state index is 12.2. The van der Waals surface area contributed by atoms with Crippen LogP contribution >= 0.6 is 11.6 Å². The quantitative estimate of drug-likeness (QED) is 0.928. The number of hydrogen-bond donors (Lipinski definition) is 1. The minimum Gasteiger partial charge on any atom is -0.378 e. The highest BCUT2D eigenvalue weighted by molar-refractivity contribution is 6.30. The van der Waals surface area contributed by atoms with Gasteiger partial charge in [-0.05, 0) is 30.2 Å². The fraction of sp³-hybridized carbons (Fsp3) is 0.188. The zero-order valence-electron chi connectivity index (χ0n) is 10.6. The summed E-state index contributed by atoms with van der Waals surface area (Å²) in [6.45, 7) is 1.53. The molecule has 0 amide bonds. The summed E-state index contributed by atoms with van der Waals surface area (Å²) < 4.78 is 0. The number of ketones is 1. The van der Waals surface area contributed by atoms with Crippen LogP contribution in [-0.2, 0) is 16.8 Å². The lowest BCUT2D eigenvalue weighted by atomic mass is 9.88. The first-order valence-corrected chi connectivity index (χ1v) is 6.43. The van der Waals surface area contributed by atoms with Gasteiger partial charge < -0.3 is 5.11 Å². The molecule has 2 aromatic rings. The second-order valence-corrected chi connectivity index (χ2v) is 5.10. The molecule has 0 fully saturated rings. The zero-order chi connectivity index (χ0) is 13.9. The Balaban J connectivity index is 2.17. The van der Waals surface area contributed by atoms with Crippen molar-refractivity contribution in [3.63, 3.8) is 0 Å². The summed E-state index contributed by atoms with van der Waals surface area (Å²) in [7, 11) is 0. The van der Waals surface area contributed by atoms with Crippen LogP contribution in [0.5, 0.6) is 0 Å². The number of benzene rings is 2. The van der Waals surface area contributed by atoms with Gasteiger partial charge in [0.15, 0.2) is 5.78 Å². The summed E-state index contributed by atoms with van der Waals surface area (Å²) in [5.74, 6) is -0.235. The fourth-order valence-electron chi connectivity index (χ4n) is 1.88. The van der Waals surface area contributed by atoms with Gasteiger partial charge >= 0.3 is 0 Å². The molecular formula is C16H15ClO2. The van der Waals surface area contributed by atoms with E-state index in [2.05, 4.69) is 0 Å². The third-order valence-corrected chi connectivity index (χ3v) is 3.41. The number of halogens is 1. The van der Waals surface area contributed by atoms with E-state index in [0.717, 1.165) is 5.56 Å². The van der Waals surface area contributed by atoms with Gasteiger partial charge in [-0.25, -0.2) is 0 Å². The van der Waals surface area contributed by atoms with E-state index in [0.29, 0.717) is 10.6 Å². The first kappa shape index (κ1) is 13.8. The number of aliphatic hydroxyl groups is 1. The van der Waals surface area contributed by atoms with E-state index in [1.165, 1.54) is 6.92 Å². The normalized spacial score (nSPS) is 13.8. The van der Waals surface area contributed by atoms with Crippen LogP contribution in [0.3, 0.4) is 0 Å². The third-order valence-electron chi connectivity index (χ3n) is 3.16. The van der Waals surface area contributed by atoms with Gasteiger partial charge in [0.2, 0.25) is 0 Å². The Morgan fingerprint density at radius 2 is 1.68 bits per heavy atom. The highest BCUT2D eigenvalue weighted by Crippen LogP contribution is 2.23. The van der Waals surface area contributed by atoms with Crippen LogP contribution in [0.1, 0.15) is 18.1 Å². The zero-order valence-corrected chi connectivity index (χ0v) is 11.4. The smallest absolute Gasteiger partial charge is 0.172 e. The Hall–Kier alpha value is -1.64. The van der Waals surface area contributed by atoms with Crippen molar-refractivity contribution in [3.8, 4) is 0 Å². The minimum absolute atomic E-state index is 0.180. The second kappa shape index (κ2) is 5.55. The Labute approximate surface area is 117 Å². The number of rotatable bonds is 4. The molecule has 19 heavy (non-hydrogen) atoms. The van der Waals surface area contributed by atoms with Crippen LogP contribution in [0.25, 0.3) is 0 Å². The second-order valence-electron chi connectivity index (χ2n) is 4.66. The first-order valence-electron chi connectivity index (χ1n) is 6.06. The summed E-state index contributed by atoms with van der Waals surface area (Å²) >= 11 is 5.80. The van der Waals surface area contributed by atoms with E-state index >= 15 is 0 Å². The van der Waals surface area contributed by atoms with Crippen molar-refractivity contribution in [1.29, 1.82) is 0 Å². The molecule has 0 aromatic heterocycles. The van der Waals surface area contributed by atoms with Crippen molar-refractivity contribution in [1.82, 2.24) is 0 Å². The molecule has 0 aliphatic heterocycles. The van der Waals surface area contributed by atoms with Gasteiger partial charge in [0.05, 0.1) is 0 Å². The van der Waals surface area contributed by atoms with Crippen LogP contribution in [0.15, 0.2) is 54.6 Å². The lowest BCUT2D eigenvalue weighted by molar-refractivity contribution is -0.135. The monoisotopic (exact) mass is 274 g/mol. The molecular weight excluding hydrogens is 260 g/mol. The van der Waals surface area contributed by atoms with Crippen molar-refractivity contribution >= 4 is 17.4 Å². The third kappa shape index (κ3) is 3.22. The largest absolute Gasteiger partial charge is 0.378 e. The van der Waals surface area contributed by atoms with Gasteiger partial charge in [0.25, 0.3) is 0 Å². The van der Waals surface area contributed by atoms with Crippen molar-refractivity contribution in [2.45, 2.75) is 18.9 Å². The predicted octanol–water partition coefficient (Wildman–Crippen LogP) is 3.36. The van der Waals surface area contributed by atoms with E-state index in [9.17, 15) is 9.90 Å². The van der Waals surface area contributed by atoms with Gasteiger partial charge in [-0.2, -0.15) is 0 Å². The van der Waals surface area contributed by atoms with Crippen LogP contribution in [0.2, 0.25) is 5.02 Å². The lowest BCUT2D eigenvalue weighted by Crippen LogP contribution is -2.33. The van der Waals surface area contributed by atoms with E-state index in [-0.39, 0.29) is 12.2 Å². The van der Waals surface area contributed by atoms with Gasteiger partial charge in [-0.15, -0.1) is 0 Å². The fourth-order valence-corrected chi connectivity index (χ4v) is 2.01. The summed E-state index contributed by atoms with van der Waals surface area (Å²) in [5, 5.41) is 11.0. The number of carbonyl (C=O) groups is 1. The molecule has 2 nitrogen and oxygen atoms in total. The van der Waals surface area contributed by atoms with Gasteiger partial charge in [-0.3, -0.25) is 4.79 Å². The molecule has 0 aliphatic rings. The number of carbonyl (C=O) groups excluding carboxylic acids is 1. The van der Waals surface area contributed by atoms with E-state index in [1.807, 2.05) is 6.07 Å². The molecule has 0 saturated heterocycles. The van der Waals surface area contributed by atoms with E-state index in [1.54, 1.807) is 48.5 Å². The molecule has 0 spiro atoms. The van der Waals surface area contributed by atoms with Crippen LogP contribution < -0.4 is 0 Å². The summed E-state index contributed by atoms with van der Waals surface area (Å²) in [5.41, 5.74) is -0.0273. The molecule has 0 radical (unpaired) electrons. The molecule has 1 unspecified atom stereocenters. The average molecular weight is 275 g/mol. The average Bonchev–Trinajstić information content (AvgIpc) is 2.42. The molecule has 3 heteroatoms. The maximum absolute atomic E-state index is 12.2. The molecule has 0 aliphatic carbocycles. The molecule has 0 saturated carbocycles. The van der Waals surface area contributed by atoms with E-state index in [4.69, 9.17) is 11.6 Å². The molecule has 0 heterocycles. The molecule has 2 rings (SSSR count). The predicted molar refractivity (Wildman–Crippen MR) is 76.2 cm³/mol. The van der Waals surface area contributed by atoms with Crippen LogP contribution in [-0.4, -0.2) is 10.9 Å². The Morgan fingerprint density at radius 1 is 1.11 bits per heavy atom. The minimum atomic E-state index is -1.47. The van der Waals surface area contributed by atoms with Crippen molar-refractivity contribution in [2.75, 3.05) is 0 Å². The molecule has 0 bridgehead atoms. The van der Waals surface area contributed by atoms with E-state index < -0.39 is 5.60 Å². The van der Waals surface area contributed by atoms with Gasteiger partial charge in [0, 0.05) is 11.4 Å². The van der Waals surface area contributed by atoms with Crippen molar-refractivity contribution in [3.05, 3.63) is 70.7 Å². The molecule has 2 aromatic carbocycles. The van der Waals surface area contributed by atoms with Crippen molar-refractivity contribution in [2.24, 2.45) is 0 Å². The SMILES string of the molecule is CC(O)(C(=O)Cc1ccc(Cl)cc1)c1ccccc1. The Bertz CT molecular complexity index is 559. The standard InChI is InChI=1S/C16H15ClO2/c1-16(19,13-5-3-2-4-6-13)15(18)11-12-7-9-14(17)10-8-12/h2-10,19H,11H2,1H3. The molecule has 1 N–H and O–H groups in total. The Morgan fingerprint density at radius 3 is 2.26 bits per heavy atom. The number of Topliss-reactive ketones (excluding diaryl/α,β-unsaturated/α-hetero) is 1. The topological polar surface area (TPSA) is 37.3 Å². The van der Waals surface area contributed by atoms with Gasteiger partial charge in [0.1, 0.15) is 5.60 Å². The van der Waals surface area contributed by atoms with Crippen molar-refractivity contribution < 1.29 is 9.90 Å². The number of hydrogen-bond acceptors (Lipinski definition) is 2. The highest BCUT2D eigenvalue weighted by atomic mass is 35.5. The van der Waals surface area contributed by atoms with Crippen LogP contribution in [0, 0.1) is 0 Å².